The van der Waals surface area contributed by atoms with Crippen molar-refractivity contribution in [1.82, 2.24) is 5.32 Å². The largest absolute Gasteiger partial charge is 0.481 e. The number of rotatable bonds is 6. The van der Waals surface area contributed by atoms with Crippen LogP contribution in [0.3, 0.4) is 0 Å². The Kier molecular flexibility index (Phi) is 5.57. The Morgan fingerprint density at radius 2 is 1.77 bits per heavy atom. The molecule has 0 saturated heterocycles. The number of hydrogen-bond donors (Lipinski definition) is 2. The van der Waals surface area contributed by atoms with Crippen molar-refractivity contribution in [2.24, 2.45) is 5.41 Å². The minimum atomic E-state index is -4.53. The van der Waals surface area contributed by atoms with E-state index in [1.165, 1.54) is 6.07 Å². The second-order valence-corrected chi connectivity index (χ2v) is 5.05. The van der Waals surface area contributed by atoms with Gasteiger partial charge in [-0.2, -0.15) is 13.2 Å². The lowest BCUT2D eigenvalue weighted by molar-refractivity contribution is -0.149. The highest BCUT2D eigenvalue weighted by Gasteiger charge is 2.35. The van der Waals surface area contributed by atoms with Crippen molar-refractivity contribution in [3.8, 4) is 0 Å². The van der Waals surface area contributed by atoms with Crippen molar-refractivity contribution in [2.75, 3.05) is 6.54 Å². The van der Waals surface area contributed by atoms with E-state index in [0.717, 1.165) is 18.2 Å². The Morgan fingerprint density at radius 3 is 2.23 bits per heavy atom. The third-order valence-corrected chi connectivity index (χ3v) is 3.85. The topological polar surface area (TPSA) is 66.4 Å². The highest BCUT2D eigenvalue weighted by molar-refractivity contribution is 5.94. The van der Waals surface area contributed by atoms with Gasteiger partial charge in [0.15, 0.2) is 0 Å². The third-order valence-electron chi connectivity index (χ3n) is 3.85. The van der Waals surface area contributed by atoms with Gasteiger partial charge in [0.1, 0.15) is 0 Å². The number of carbonyl (C=O) groups is 2. The summed E-state index contributed by atoms with van der Waals surface area (Å²) < 4.78 is 37.8. The molecule has 0 aliphatic carbocycles. The first-order chi connectivity index (χ1) is 10.2. The van der Waals surface area contributed by atoms with Crippen molar-refractivity contribution in [3.63, 3.8) is 0 Å². The number of halogens is 3. The van der Waals surface area contributed by atoms with Gasteiger partial charge in [-0.15, -0.1) is 0 Å². The number of aliphatic carboxylic acids is 1. The summed E-state index contributed by atoms with van der Waals surface area (Å²) in [7, 11) is 0. The molecular formula is C15H18F3NO3. The molecule has 0 aromatic heterocycles. The third kappa shape index (κ3) is 3.99. The van der Waals surface area contributed by atoms with Crippen LogP contribution in [-0.2, 0) is 11.0 Å². The highest BCUT2D eigenvalue weighted by Crippen LogP contribution is 2.30. The second-order valence-electron chi connectivity index (χ2n) is 5.05. The normalized spacial score (nSPS) is 12.0. The summed E-state index contributed by atoms with van der Waals surface area (Å²) in [5.41, 5.74) is -2.19. The van der Waals surface area contributed by atoms with Crippen LogP contribution in [0.4, 0.5) is 13.2 Å². The predicted octanol–water partition coefficient (Wildman–Crippen LogP) is 3.33. The molecule has 122 valence electrons. The molecule has 2 N–H and O–H groups in total. The first-order valence-electron chi connectivity index (χ1n) is 6.85. The molecule has 0 aliphatic heterocycles. The molecule has 0 spiro atoms. The maximum atomic E-state index is 12.6. The van der Waals surface area contributed by atoms with Gasteiger partial charge >= 0.3 is 12.1 Å². The maximum Gasteiger partial charge on any atom is 0.416 e. The summed E-state index contributed by atoms with van der Waals surface area (Å²) in [5.74, 6) is -1.76. The fourth-order valence-corrected chi connectivity index (χ4v) is 2.07. The summed E-state index contributed by atoms with van der Waals surface area (Å²) in [6, 6.07) is 4.01. The van der Waals surface area contributed by atoms with E-state index in [0.29, 0.717) is 12.8 Å². The average Bonchev–Trinajstić information content (AvgIpc) is 2.47. The van der Waals surface area contributed by atoms with Gasteiger partial charge in [0, 0.05) is 12.1 Å². The predicted molar refractivity (Wildman–Crippen MR) is 74.4 cm³/mol. The van der Waals surface area contributed by atoms with Crippen LogP contribution in [0.15, 0.2) is 24.3 Å². The van der Waals surface area contributed by atoms with E-state index in [9.17, 15) is 27.9 Å². The number of hydrogen-bond acceptors (Lipinski definition) is 2. The van der Waals surface area contributed by atoms with Crippen LogP contribution in [0, 0.1) is 5.41 Å². The Bertz CT molecular complexity index is 551. The van der Waals surface area contributed by atoms with Crippen LogP contribution in [0.1, 0.15) is 42.6 Å². The minimum Gasteiger partial charge on any atom is -0.481 e. The Hall–Kier alpha value is -2.05. The van der Waals surface area contributed by atoms with E-state index in [2.05, 4.69) is 5.32 Å². The number of amides is 1. The number of carboxylic acid groups (broad SMARTS) is 1. The van der Waals surface area contributed by atoms with Crippen molar-refractivity contribution in [1.29, 1.82) is 0 Å². The van der Waals surface area contributed by atoms with Crippen molar-refractivity contribution < 1.29 is 27.9 Å². The SMILES string of the molecule is CCC(CC)(CNC(=O)c1cccc(C(F)(F)F)c1)C(=O)O. The van der Waals surface area contributed by atoms with Crippen LogP contribution < -0.4 is 5.32 Å². The van der Waals surface area contributed by atoms with Gasteiger partial charge in [-0.1, -0.05) is 19.9 Å². The van der Waals surface area contributed by atoms with E-state index in [1.807, 2.05) is 0 Å². The van der Waals surface area contributed by atoms with Crippen molar-refractivity contribution in [2.45, 2.75) is 32.9 Å². The second kappa shape index (κ2) is 6.81. The first-order valence-corrected chi connectivity index (χ1v) is 6.85. The summed E-state index contributed by atoms with van der Waals surface area (Å²) in [6.45, 7) is 3.24. The summed E-state index contributed by atoms with van der Waals surface area (Å²) >= 11 is 0. The minimum absolute atomic E-state index is 0.135. The molecule has 0 bridgehead atoms. The number of alkyl halides is 3. The fourth-order valence-electron chi connectivity index (χ4n) is 2.07. The Labute approximate surface area is 126 Å². The Morgan fingerprint density at radius 1 is 1.18 bits per heavy atom. The molecule has 0 atom stereocenters. The molecule has 1 rings (SSSR count). The molecule has 0 radical (unpaired) electrons. The number of carboxylic acids is 1. The van der Waals surface area contributed by atoms with E-state index in [-0.39, 0.29) is 12.1 Å². The number of nitrogens with one attached hydrogen (secondary N) is 1. The molecule has 0 saturated carbocycles. The average molecular weight is 317 g/mol. The molecule has 0 heterocycles. The maximum absolute atomic E-state index is 12.6. The van der Waals surface area contributed by atoms with Gasteiger partial charge in [0.2, 0.25) is 0 Å². The molecule has 1 aromatic carbocycles. The zero-order valence-corrected chi connectivity index (χ0v) is 12.3. The van der Waals surface area contributed by atoms with E-state index in [4.69, 9.17) is 0 Å². The monoisotopic (exact) mass is 317 g/mol. The summed E-state index contributed by atoms with van der Waals surface area (Å²) in [4.78, 5) is 23.3. The lowest BCUT2D eigenvalue weighted by Gasteiger charge is -2.26. The van der Waals surface area contributed by atoms with Crippen LogP contribution >= 0.6 is 0 Å². The summed E-state index contributed by atoms with van der Waals surface area (Å²) in [5, 5.41) is 11.7. The van der Waals surface area contributed by atoms with Gasteiger partial charge in [-0.25, -0.2) is 0 Å². The van der Waals surface area contributed by atoms with Gasteiger partial charge in [0.05, 0.1) is 11.0 Å². The molecule has 1 aromatic rings. The van der Waals surface area contributed by atoms with Crippen LogP contribution in [0.5, 0.6) is 0 Å². The van der Waals surface area contributed by atoms with Crippen molar-refractivity contribution in [3.05, 3.63) is 35.4 Å². The molecule has 0 aliphatic rings. The first kappa shape index (κ1) is 18.0. The van der Waals surface area contributed by atoms with Gasteiger partial charge in [0.25, 0.3) is 5.91 Å². The van der Waals surface area contributed by atoms with E-state index < -0.39 is 29.0 Å². The smallest absolute Gasteiger partial charge is 0.416 e. The van der Waals surface area contributed by atoms with E-state index in [1.54, 1.807) is 13.8 Å². The van der Waals surface area contributed by atoms with Gasteiger partial charge in [-0.3, -0.25) is 9.59 Å². The zero-order chi connectivity index (χ0) is 17.0. The molecule has 1 amide bonds. The van der Waals surface area contributed by atoms with Crippen LogP contribution in [-0.4, -0.2) is 23.5 Å². The molecule has 0 unspecified atom stereocenters. The van der Waals surface area contributed by atoms with Crippen LogP contribution in [0.25, 0.3) is 0 Å². The van der Waals surface area contributed by atoms with Gasteiger partial charge < -0.3 is 10.4 Å². The molecule has 4 nitrogen and oxygen atoms in total. The standard InChI is InChI=1S/C15H18F3NO3/c1-3-14(4-2,13(21)22)9-19-12(20)10-6-5-7-11(8-10)15(16,17)18/h5-8H,3-4,9H2,1-2H3,(H,19,20)(H,21,22). The zero-order valence-electron chi connectivity index (χ0n) is 12.3. The lowest BCUT2D eigenvalue weighted by atomic mass is 9.82. The molecular weight excluding hydrogens is 299 g/mol. The number of benzene rings is 1. The number of carbonyl (C=O) groups excluding carboxylic acids is 1. The van der Waals surface area contributed by atoms with Crippen molar-refractivity contribution >= 4 is 11.9 Å². The summed E-state index contributed by atoms with van der Waals surface area (Å²) in [6.07, 6.45) is -3.92. The van der Waals surface area contributed by atoms with Gasteiger partial charge in [-0.05, 0) is 31.0 Å². The fraction of sp³-hybridized carbons (Fsp3) is 0.467. The Balaban J connectivity index is 2.88. The van der Waals surface area contributed by atoms with Crippen LogP contribution in [0.2, 0.25) is 0 Å². The molecule has 7 heteroatoms. The molecule has 0 fully saturated rings. The highest BCUT2D eigenvalue weighted by atomic mass is 19.4. The quantitative estimate of drug-likeness (QED) is 0.846. The molecule has 22 heavy (non-hydrogen) atoms. The van der Waals surface area contributed by atoms with E-state index >= 15 is 0 Å². The lowest BCUT2D eigenvalue weighted by Crippen LogP contribution is -2.42.